The van der Waals surface area contributed by atoms with E-state index in [1.165, 1.54) is 11.3 Å². The molecule has 1 aromatic rings. The molecule has 12 heavy (non-hydrogen) atoms. The minimum Gasteiger partial charge on any atom is -0.393 e. The van der Waals surface area contributed by atoms with Gasteiger partial charge in [-0.15, -0.1) is 11.3 Å². The van der Waals surface area contributed by atoms with E-state index in [4.69, 9.17) is 11.1 Å². The number of carbonyl (C=O) groups is 1. The first-order valence-electron chi connectivity index (χ1n) is 3.11. The summed E-state index contributed by atoms with van der Waals surface area (Å²) in [5, 5.41) is 9.09. The van der Waals surface area contributed by atoms with Crippen LogP contribution in [-0.2, 0) is 16.0 Å². The molecule has 0 saturated heterocycles. The van der Waals surface area contributed by atoms with Gasteiger partial charge in [-0.1, -0.05) is 0 Å². The molecular weight excluding hydrogens is 178 g/mol. The van der Waals surface area contributed by atoms with Crippen LogP contribution in [0.25, 0.3) is 0 Å². The lowest BCUT2D eigenvalue weighted by atomic mass is 10.5. The van der Waals surface area contributed by atoms with E-state index in [2.05, 4.69) is 9.72 Å². The molecule has 0 aliphatic rings. The van der Waals surface area contributed by atoms with Gasteiger partial charge in [0.15, 0.2) is 0 Å². The smallest absolute Gasteiger partial charge is 0.320 e. The maximum atomic E-state index is 10.8. The number of hydrogen-bond acceptors (Lipinski definition) is 5. The predicted molar refractivity (Wildman–Crippen MR) is 43.8 cm³/mol. The monoisotopic (exact) mass is 185 g/mol. The zero-order valence-electron chi connectivity index (χ0n) is 6.11. The van der Waals surface area contributed by atoms with Crippen molar-refractivity contribution in [2.24, 2.45) is 5.73 Å². The van der Waals surface area contributed by atoms with Crippen LogP contribution in [0.4, 0.5) is 0 Å². The highest BCUT2D eigenvalue weighted by molar-refractivity contribution is 7.09. The number of esters is 1. The summed E-state index contributed by atoms with van der Waals surface area (Å²) < 4.78 is 4.31. The summed E-state index contributed by atoms with van der Waals surface area (Å²) in [7, 11) is 0. The van der Waals surface area contributed by atoms with Crippen molar-refractivity contribution in [2.75, 3.05) is 0 Å². The fourth-order valence-electron chi connectivity index (χ4n) is 0.622. The zero-order valence-corrected chi connectivity index (χ0v) is 6.93. The number of rotatable bonds is 2. The summed E-state index contributed by atoms with van der Waals surface area (Å²) in [6.07, 6.45) is 1.66. The van der Waals surface area contributed by atoms with Crippen LogP contribution in [0, 0.1) is 5.41 Å². The predicted octanol–water partition coefficient (Wildman–Crippen LogP) is 0.122. The lowest BCUT2D eigenvalue weighted by Gasteiger charge is -1.97. The Morgan fingerprint density at radius 2 is 2.58 bits per heavy atom. The number of hydrogen-bond donors (Lipinski definition) is 2. The number of nitrogens with two attached hydrogens (primary N) is 1. The Balaban J connectivity index is 2.42. The average molecular weight is 185 g/mol. The van der Waals surface area contributed by atoms with Crippen molar-refractivity contribution < 1.29 is 9.53 Å². The van der Waals surface area contributed by atoms with Gasteiger partial charge in [0.1, 0.15) is 5.01 Å². The first kappa shape index (κ1) is 8.66. The quantitative estimate of drug-likeness (QED) is 0.389. The summed E-state index contributed by atoms with van der Waals surface area (Å²) in [5.41, 5.74) is 4.85. The van der Waals surface area contributed by atoms with Crippen LogP contribution in [0.1, 0.15) is 5.01 Å². The van der Waals surface area contributed by atoms with Crippen molar-refractivity contribution in [3.05, 3.63) is 16.6 Å². The molecule has 1 aromatic heterocycles. The molecular formula is C6H7N3O2S. The topological polar surface area (TPSA) is 89.1 Å². The standard InChI is InChI=1S/C6H7N3O2S/c7-6(8)11-5(10)3-4-9-1-2-12-4/h1-2H,3H2,(H3,7,8). The van der Waals surface area contributed by atoms with Crippen molar-refractivity contribution in [1.29, 1.82) is 5.41 Å². The Hall–Kier alpha value is -1.43. The van der Waals surface area contributed by atoms with Crippen molar-refractivity contribution in [3.8, 4) is 0 Å². The molecule has 3 N–H and O–H groups in total. The van der Waals surface area contributed by atoms with Crippen LogP contribution >= 0.6 is 11.3 Å². The van der Waals surface area contributed by atoms with E-state index in [0.717, 1.165) is 0 Å². The molecule has 5 nitrogen and oxygen atoms in total. The van der Waals surface area contributed by atoms with Crippen LogP contribution in [0.5, 0.6) is 0 Å². The van der Waals surface area contributed by atoms with Gasteiger partial charge >= 0.3 is 5.97 Å². The van der Waals surface area contributed by atoms with Gasteiger partial charge < -0.3 is 10.5 Å². The first-order chi connectivity index (χ1) is 5.68. The first-order valence-corrected chi connectivity index (χ1v) is 3.99. The number of carbonyl (C=O) groups excluding carboxylic acids is 1. The van der Waals surface area contributed by atoms with Crippen molar-refractivity contribution >= 4 is 23.3 Å². The Labute approximate surface area is 72.7 Å². The molecule has 0 fully saturated rings. The molecule has 0 unspecified atom stereocenters. The molecule has 0 aromatic carbocycles. The molecule has 6 heteroatoms. The summed E-state index contributed by atoms with van der Waals surface area (Å²) >= 11 is 1.36. The highest BCUT2D eigenvalue weighted by atomic mass is 32.1. The molecule has 1 rings (SSSR count). The van der Waals surface area contributed by atoms with Crippen LogP contribution < -0.4 is 5.73 Å². The second-order valence-corrected chi connectivity index (χ2v) is 2.92. The molecule has 0 aliphatic carbocycles. The van der Waals surface area contributed by atoms with E-state index < -0.39 is 12.0 Å². The minimum atomic E-state index is -0.587. The lowest BCUT2D eigenvalue weighted by Crippen LogP contribution is -2.20. The van der Waals surface area contributed by atoms with E-state index in [-0.39, 0.29) is 6.42 Å². The Morgan fingerprint density at radius 1 is 1.83 bits per heavy atom. The second-order valence-electron chi connectivity index (χ2n) is 1.94. The van der Waals surface area contributed by atoms with Gasteiger partial charge in [0.25, 0.3) is 6.02 Å². The van der Waals surface area contributed by atoms with Gasteiger partial charge in [0.2, 0.25) is 0 Å². The van der Waals surface area contributed by atoms with Crippen LogP contribution in [0.3, 0.4) is 0 Å². The van der Waals surface area contributed by atoms with Crippen LogP contribution in [0.15, 0.2) is 11.6 Å². The van der Waals surface area contributed by atoms with Gasteiger partial charge in [0, 0.05) is 11.6 Å². The fourth-order valence-corrected chi connectivity index (χ4v) is 1.22. The van der Waals surface area contributed by atoms with Gasteiger partial charge in [-0.25, -0.2) is 4.98 Å². The van der Waals surface area contributed by atoms with E-state index in [1.54, 1.807) is 11.6 Å². The molecule has 64 valence electrons. The Morgan fingerprint density at radius 3 is 3.08 bits per heavy atom. The number of nitrogens with one attached hydrogen (secondary N) is 1. The zero-order chi connectivity index (χ0) is 8.97. The molecule has 0 bridgehead atoms. The third-order valence-electron chi connectivity index (χ3n) is 1.00. The summed E-state index contributed by atoms with van der Waals surface area (Å²) in [6.45, 7) is 0. The third kappa shape index (κ3) is 2.67. The van der Waals surface area contributed by atoms with Gasteiger partial charge in [-0.3, -0.25) is 10.2 Å². The van der Waals surface area contributed by atoms with E-state index in [0.29, 0.717) is 5.01 Å². The lowest BCUT2D eigenvalue weighted by molar-refractivity contribution is -0.134. The summed E-state index contributed by atoms with van der Waals surface area (Å²) in [6, 6.07) is -0.587. The van der Waals surface area contributed by atoms with Gasteiger partial charge in [-0.05, 0) is 0 Å². The SMILES string of the molecule is N=C(N)OC(=O)Cc1nccs1. The van der Waals surface area contributed by atoms with Crippen molar-refractivity contribution in [2.45, 2.75) is 6.42 Å². The second kappa shape index (κ2) is 3.82. The van der Waals surface area contributed by atoms with E-state index in [9.17, 15) is 4.79 Å². The maximum absolute atomic E-state index is 10.8. The van der Waals surface area contributed by atoms with E-state index >= 15 is 0 Å². The summed E-state index contributed by atoms with van der Waals surface area (Å²) in [5.74, 6) is -0.558. The number of thiazole rings is 1. The van der Waals surface area contributed by atoms with Crippen LogP contribution in [-0.4, -0.2) is 17.0 Å². The number of aromatic nitrogens is 1. The largest absolute Gasteiger partial charge is 0.393 e. The summed E-state index contributed by atoms with van der Waals surface area (Å²) in [4.78, 5) is 14.7. The minimum absolute atomic E-state index is 0.0667. The molecule has 0 saturated carbocycles. The normalized spacial score (nSPS) is 9.33. The molecule has 0 atom stereocenters. The Kier molecular flexibility index (Phi) is 2.76. The number of ether oxygens (including phenoxy) is 1. The van der Waals surface area contributed by atoms with Crippen molar-refractivity contribution in [3.63, 3.8) is 0 Å². The average Bonchev–Trinajstić information content (AvgIpc) is 2.37. The van der Waals surface area contributed by atoms with Crippen molar-refractivity contribution in [1.82, 2.24) is 4.98 Å². The molecule has 0 radical (unpaired) electrons. The molecule has 1 heterocycles. The highest BCUT2D eigenvalue weighted by Crippen LogP contribution is 2.04. The Bertz CT molecular complexity index is 283. The van der Waals surface area contributed by atoms with E-state index in [1.807, 2.05) is 0 Å². The molecule has 0 spiro atoms. The van der Waals surface area contributed by atoms with Crippen LogP contribution in [0.2, 0.25) is 0 Å². The highest BCUT2D eigenvalue weighted by Gasteiger charge is 2.07. The van der Waals surface area contributed by atoms with Gasteiger partial charge in [0.05, 0.1) is 6.42 Å². The van der Waals surface area contributed by atoms with Gasteiger partial charge in [-0.2, -0.15) is 0 Å². The maximum Gasteiger partial charge on any atom is 0.320 e. The third-order valence-corrected chi connectivity index (χ3v) is 1.78. The number of nitrogens with zero attached hydrogens (tertiary/aromatic N) is 1. The fraction of sp³-hybridized carbons (Fsp3) is 0.167. The molecule has 0 amide bonds. The number of amidine groups is 1. The molecule has 0 aliphatic heterocycles.